The molecule has 0 bridgehead atoms. The molecule has 4 N–H and O–H groups in total. The molecule has 12 heteroatoms. The van der Waals surface area contributed by atoms with Crippen LogP contribution in [0.15, 0.2) is 60.7 Å². The molecule has 0 aromatic heterocycles. The first-order valence-electron chi connectivity index (χ1n) is 11.0. The molecular formula is C24H28N2O8S2. The van der Waals surface area contributed by atoms with Crippen molar-refractivity contribution in [1.29, 1.82) is 0 Å². The third-order valence-corrected chi connectivity index (χ3v) is 7.14. The number of ether oxygens (including phenoxy) is 2. The Morgan fingerprint density at radius 1 is 0.667 bits per heavy atom. The minimum atomic E-state index is -1.18. The molecule has 2 rings (SSSR count). The van der Waals surface area contributed by atoms with Crippen LogP contribution in [0, 0.1) is 0 Å². The Hall–Kier alpha value is -3.38. The SMILES string of the molecule is O=C(N[C@H](CCSSCC[C@@H](NC(=O)OCc1ccccc1)C(=O)O)C(=O)O)OCc1ccccc1. The number of alkyl carbamates (subject to hydrolysis) is 2. The predicted molar refractivity (Wildman–Crippen MR) is 137 cm³/mol. The van der Waals surface area contributed by atoms with Crippen LogP contribution in [0.4, 0.5) is 9.59 Å². The normalized spacial score (nSPS) is 12.1. The molecule has 194 valence electrons. The van der Waals surface area contributed by atoms with Crippen molar-refractivity contribution in [1.82, 2.24) is 10.6 Å². The second-order valence-corrected chi connectivity index (χ2v) is 10.1. The maximum absolute atomic E-state index is 11.9. The lowest BCUT2D eigenvalue weighted by Crippen LogP contribution is -2.41. The second kappa shape index (κ2) is 16.3. The summed E-state index contributed by atoms with van der Waals surface area (Å²) in [6.07, 6.45) is -1.34. The highest BCUT2D eigenvalue weighted by atomic mass is 33.1. The average molecular weight is 537 g/mol. The molecular weight excluding hydrogens is 508 g/mol. The van der Waals surface area contributed by atoms with Crippen molar-refractivity contribution in [2.45, 2.75) is 38.1 Å². The number of amides is 2. The van der Waals surface area contributed by atoms with Crippen molar-refractivity contribution < 1.29 is 38.9 Å². The summed E-state index contributed by atoms with van der Waals surface area (Å²) in [6.45, 7) is 0.0599. The quantitative estimate of drug-likeness (QED) is 0.195. The van der Waals surface area contributed by atoms with Gasteiger partial charge in [-0.1, -0.05) is 82.3 Å². The van der Waals surface area contributed by atoms with Crippen LogP contribution >= 0.6 is 21.6 Å². The summed E-state index contributed by atoms with van der Waals surface area (Å²) < 4.78 is 10.1. The van der Waals surface area contributed by atoms with Crippen molar-refractivity contribution in [3.05, 3.63) is 71.8 Å². The van der Waals surface area contributed by atoms with Crippen LogP contribution in [0.2, 0.25) is 0 Å². The fourth-order valence-electron chi connectivity index (χ4n) is 2.78. The van der Waals surface area contributed by atoms with Gasteiger partial charge in [0.1, 0.15) is 25.3 Å². The summed E-state index contributed by atoms with van der Waals surface area (Å²) in [5.41, 5.74) is 1.56. The topological polar surface area (TPSA) is 151 Å². The number of carbonyl (C=O) groups excluding carboxylic acids is 2. The van der Waals surface area contributed by atoms with Crippen molar-refractivity contribution >= 4 is 45.7 Å². The lowest BCUT2D eigenvalue weighted by atomic mass is 10.2. The van der Waals surface area contributed by atoms with Crippen LogP contribution in [0.3, 0.4) is 0 Å². The van der Waals surface area contributed by atoms with Crippen LogP contribution in [-0.2, 0) is 32.3 Å². The smallest absolute Gasteiger partial charge is 0.408 e. The standard InChI is InChI=1S/C24H28N2O8S2/c27-21(28)19(25-23(31)33-15-17-7-3-1-4-8-17)11-13-35-36-14-12-20(22(29)30)26-24(32)34-16-18-9-5-2-6-10-18/h1-10,19-20H,11-16H2,(H,25,31)(H,26,32)(H,27,28)(H,29,30)/t19-,20-/m1/s1. The number of hydrogen-bond donors (Lipinski definition) is 4. The molecule has 0 aliphatic heterocycles. The Balaban J connectivity index is 1.62. The Morgan fingerprint density at radius 3 is 1.36 bits per heavy atom. The molecule has 0 aliphatic carbocycles. The number of aliphatic carboxylic acids is 2. The van der Waals surface area contributed by atoms with Gasteiger partial charge in [0, 0.05) is 11.5 Å². The van der Waals surface area contributed by atoms with E-state index in [2.05, 4.69) is 10.6 Å². The Morgan fingerprint density at radius 2 is 1.03 bits per heavy atom. The number of nitrogens with one attached hydrogen (secondary N) is 2. The summed E-state index contributed by atoms with van der Waals surface area (Å²) in [4.78, 5) is 46.7. The third-order valence-electron chi connectivity index (χ3n) is 4.67. The summed E-state index contributed by atoms with van der Waals surface area (Å²) in [5, 5.41) is 23.3. The first kappa shape index (κ1) is 28.9. The minimum absolute atomic E-state index is 0.0300. The van der Waals surface area contributed by atoms with Gasteiger partial charge in [-0.15, -0.1) is 0 Å². The summed E-state index contributed by atoms with van der Waals surface area (Å²) >= 11 is 0. The van der Waals surface area contributed by atoms with Gasteiger partial charge in [-0.2, -0.15) is 0 Å². The number of benzene rings is 2. The first-order chi connectivity index (χ1) is 17.3. The molecule has 0 radical (unpaired) electrons. The van der Waals surface area contributed by atoms with Crippen molar-refractivity contribution in [2.24, 2.45) is 0 Å². The number of hydrogen-bond acceptors (Lipinski definition) is 8. The van der Waals surface area contributed by atoms with Gasteiger partial charge < -0.3 is 30.3 Å². The average Bonchev–Trinajstić information content (AvgIpc) is 2.87. The number of rotatable bonds is 15. The van der Waals surface area contributed by atoms with E-state index in [1.165, 1.54) is 21.6 Å². The van der Waals surface area contributed by atoms with E-state index in [0.717, 1.165) is 11.1 Å². The van der Waals surface area contributed by atoms with E-state index in [-0.39, 0.29) is 26.1 Å². The van der Waals surface area contributed by atoms with E-state index in [9.17, 15) is 29.4 Å². The highest BCUT2D eigenvalue weighted by molar-refractivity contribution is 8.76. The van der Waals surface area contributed by atoms with Crippen LogP contribution < -0.4 is 10.6 Å². The zero-order valence-corrected chi connectivity index (χ0v) is 21.0. The molecule has 36 heavy (non-hydrogen) atoms. The van der Waals surface area contributed by atoms with Crippen LogP contribution in [0.5, 0.6) is 0 Å². The van der Waals surface area contributed by atoms with Crippen LogP contribution in [0.1, 0.15) is 24.0 Å². The fourth-order valence-corrected chi connectivity index (χ4v) is 4.96. The van der Waals surface area contributed by atoms with Gasteiger partial charge in [-0.3, -0.25) is 0 Å². The summed E-state index contributed by atoms with van der Waals surface area (Å²) in [5.74, 6) is -1.57. The highest BCUT2D eigenvalue weighted by Gasteiger charge is 2.22. The molecule has 2 aromatic rings. The predicted octanol–water partition coefficient (Wildman–Crippen LogP) is 3.91. The second-order valence-electron chi connectivity index (χ2n) is 7.42. The van der Waals surface area contributed by atoms with E-state index in [0.29, 0.717) is 11.5 Å². The van der Waals surface area contributed by atoms with E-state index < -0.39 is 36.2 Å². The maximum atomic E-state index is 11.9. The molecule has 0 aliphatic rings. The van der Waals surface area contributed by atoms with Crippen LogP contribution in [0.25, 0.3) is 0 Å². The van der Waals surface area contributed by atoms with Crippen molar-refractivity contribution in [3.63, 3.8) is 0 Å². The van der Waals surface area contributed by atoms with E-state index in [1.54, 1.807) is 48.5 Å². The summed E-state index contributed by atoms with van der Waals surface area (Å²) in [6, 6.07) is 15.8. The number of carbonyl (C=O) groups is 4. The minimum Gasteiger partial charge on any atom is -0.480 e. The molecule has 0 unspecified atom stereocenters. The van der Waals surface area contributed by atoms with E-state index in [4.69, 9.17) is 9.47 Å². The molecule has 2 aromatic carbocycles. The molecule has 10 nitrogen and oxygen atoms in total. The highest BCUT2D eigenvalue weighted by Crippen LogP contribution is 2.24. The first-order valence-corrected chi connectivity index (χ1v) is 13.5. The van der Waals surface area contributed by atoms with Gasteiger partial charge in [0.2, 0.25) is 0 Å². The van der Waals surface area contributed by atoms with E-state index >= 15 is 0 Å². The van der Waals surface area contributed by atoms with Crippen molar-refractivity contribution in [2.75, 3.05) is 11.5 Å². The lowest BCUT2D eigenvalue weighted by Gasteiger charge is -2.15. The van der Waals surface area contributed by atoms with E-state index in [1.807, 2.05) is 12.1 Å². The monoisotopic (exact) mass is 536 g/mol. The third kappa shape index (κ3) is 11.8. The number of carboxylic acid groups (broad SMARTS) is 2. The van der Waals surface area contributed by atoms with Crippen molar-refractivity contribution in [3.8, 4) is 0 Å². The molecule has 0 saturated heterocycles. The molecule has 2 atom stereocenters. The zero-order valence-electron chi connectivity index (χ0n) is 19.3. The molecule has 0 fully saturated rings. The largest absolute Gasteiger partial charge is 0.480 e. The lowest BCUT2D eigenvalue weighted by molar-refractivity contribution is -0.140. The van der Waals surface area contributed by atoms with Gasteiger partial charge in [-0.05, 0) is 24.0 Å². The fraction of sp³-hybridized carbons (Fsp3) is 0.333. The Kier molecular flexibility index (Phi) is 13.1. The Labute approximate surface area is 216 Å². The van der Waals surface area contributed by atoms with Crippen LogP contribution in [-0.4, -0.2) is 57.9 Å². The maximum Gasteiger partial charge on any atom is 0.408 e. The van der Waals surface area contributed by atoms with Gasteiger partial charge in [-0.25, -0.2) is 19.2 Å². The van der Waals surface area contributed by atoms with Gasteiger partial charge in [0.05, 0.1) is 0 Å². The Bertz CT molecular complexity index is 899. The molecule has 0 heterocycles. The molecule has 2 amide bonds. The summed E-state index contributed by atoms with van der Waals surface area (Å²) in [7, 11) is 2.68. The van der Waals surface area contributed by atoms with Gasteiger partial charge in [0.25, 0.3) is 0 Å². The molecule has 0 saturated carbocycles. The number of carboxylic acids is 2. The molecule has 0 spiro atoms. The van der Waals surface area contributed by atoms with Gasteiger partial charge in [0.15, 0.2) is 0 Å². The zero-order chi connectivity index (χ0) is 26.2. The van der Waals surface area contributed by atoms with Gasteiger partial charge >= 0.3 is 24.1 Å².